The summed E-state index contributed by atoms with van der Waals surface area (Å²) in [5, 5.41) is 15.6. The van der Waals surface area contributed by atoms with Crippen LogP contribution in [0, 0.1) is 22.7 Å². The second kappa shape index (κ2) is 10.6. The molecule has 9 heteroatoms. The SMILES string of the molecule is N#CCC[SiH2]C(F)F.N#CCC[Si](F)(F)F. The van der Waals surface area contributed by atoms with E-state index in [-0.39, 0.29) is 6.42 Å². The van der Waals surface area contributed by atoms with Crippen LogP contribution in [0.1, 0.15) is 12.8 Å². The van der Waals surface area contributed by atoms with Gasteiger partial charge in [-0.25, -0.2) is 21.1 Å². The van der Waals surface area contributed by atoms with Crippen LogP contribution in [0.2, 0.25) is 12.1 Å². The molecule has 0 aromatic heterocycles. The third-order valence-corrected chi connectivity index (χ3v) is 3.25. The Morgan fingerprint density at radius 3 is 1.81 bits per heavy atom. The molecule has 0 heterocycles. The summed E-state index contributed by atoms with van der Waals surface area (Å²) in [6.07, 6.45) is -0.0771. The number of alkyl halides is 2. The minimum Gasteiger partial charge on any atom is -0.238 e. The Balaban J connectivity index is 0. The maximum absolute atomic E-state index is 11.3. The molecule has 0 bridgehead atoms. The Bertz CT molecular complexity index is 243. The zero-order chi connectivity index (χ0) is 13.0. The molecule has 0 saturated heterocycles. The van der Waals surface area contributed by atoms with Crippen LogP contribution in [0.25, 0.3) is 0 Å². The molecular formula is C7H11F5N2Si2. The molecule has 0 fully saturated rings. The van der Waals surface area contributed by atoms with E-state index in [1.54, 1.807) is 0 Å². The van der Waals surface area contributed by atoms with Crippen LogP contribution in [-0.2, 0) is 0 Å². The largest absolute Gasteiger partial charge is 0.617 e. The number of nitriles is 2. The van der Waals surface area contributed by atoms with E-state index in [2.05, 4.69) is 0 Å². The second-order valence-corrected chi connectivity index (χ2v) is 6.35. The minimum atomic E-state index is -5.40. The summed E-state index contributed by atoms with van der Waals surface area (Å²) in [5.41, 5.74) is 0. The lowest BCUT2D eigenvalue weighted by molar-refractivity contribution is 0.237. The van der Waals surface area contributed by atoms with Crippen LogP contribution in [0.5, 0.6) is 0 Å². The van der Waals surface area contributed by atoms with E-state index in [0.29, 0.717) is 12.5 Å². The molecule has 0 spiro atoms. The van der Waals surface area contributed by atoms with Crippen LogP contribution < -0.4 is 0 Å². The smallest absolute Gasteiger partial charge is 0.238 e. The molecule has 0 aromatic rings. The van der Waals surface area contributed by atoms with E-state index in [1.165, 1.54) is 6.07 Å². The van der Waals surface area contributed by atoms with Gasteiger partial charge >= 0.3 is 9.08 Å². The average Bonchev–Trinajstić information content (AvgIpc) is 2.14. The first-order valence-corrected chi connectivity index (χ1v) is 8.08. The lowest BCUT2D eigenvalue weighted by Crippen LogP contribution is -2.12. The minimum absolute atomic E-state index is 0.302. The van der Waals surface area contributed by atoms with Crippen LogP contribution in [0.4, 0.5) is 21.1 Å². The molecule has 0 atom stereocenters. The molecule has 0 aromatic carbocycles. The molecule has 0 saturated carbocycles. The Kier molecular flexibility index (Phi) is 11.5. The highest BCUT2D eigenvalue weighted by Crippen LogP contribution is 2.15. The summed E-state index contributed by atoms with van der Waals surface area (Å²) in [7, 11) is -6.62. The topological polar surface area (TPSA) is 47.6 Å². The summed E-state index contributed by atoms with van der Waals surface area (Å²) in [4.78, 5) is 0. The third-order valence-electron chi connectivity index (χ3n) is 1.23. The first-order valence-electron chi connectivity index (χ1n) is 4.42. The van der Waals surface area contributed by atoms with Crippen LogP contribution >= 0.6 is 0 Å². The number of rotatable bonds is 5. The first kappa shape index (κ1) is 17.5. The lowest BCUT2D eigenvalue weighted by atomic mass is 10.6. The van der Waals surface area contributed by atoms with Crippen molar-refractivity contribution in [1.29, 1.82) is 10.5 Å². The standard InChI is InChI=1S/C4H7F2NSi.C3H4F3NSi/c5-4(6)8-3-1-2-7;4-8(5,6)3-1-2-7/h4H,1,3,8H2;1,3H2. The Hall–Kier alpha value is -0.936. The Morgan fingerprint density at radius 2 is 1.56 bits per heavy atom. The maximum atomic E-state index is 11.3. The van der Waals surface area contributed by atoms with Crippen molar-refractivity contribution < 1.29 is 21.1 Å². The molecule has 16 heavy (non-hydrogen) atoms. The molecule has 0 amide bonds. The van der Waals surface area contributed by atoms with Crippen molar-refractivity contribution in [3.05, 3.63) is 0 Å². The maximum Gasteiger partial charge on any atom is 0.617 e. The Labute approximate surface area is 94.0 Å². The average molecular weight is 274 g/mol. The monoisotopic (exact) mass is 274 g/mol. The van der Waals surface area contributed by atoms with Gasteiger partial charge in [0.2, 0.25) is 6.05 Å². The van der Waals surface area contributed by atoms with Crippen molar-refractivity contribution in [1.82, 2.24) is 0 Å². The van der Waals surface area contributed by atoms with E-state index in [1.807, 2.05) is 6.07 Å². The van der Waals surface area contributed by atoms with Gasteiger partial charge in [0.25, 0.3) is 0 Å². The lowest BCUT2D eigenvalue weighted by Gasteiger charge is -1.93. The van der Waals surface area contributed by atoms with Crippen LogP contribution in [-0.4, -0.2) is 24.6 Å². The van der Waals surface area contributed by atoms with E-state index in [4.69, 9.17) is 10.5 Å². The van der Waals surface area contributed by atoms with Gasteiger partial charge in [-0.1, -0.05) is 0 Å². The Morgan fingerprint density at radius 1 is 1.06 bits per heavy atom. The third kappa shape index (κ3) is 23.1. The fraction of sp³-hybridized carbons (Fsp3) is 0.714. The van der Waals surface area contributed by atoms with Crippen molar-refractivity contribution in [2.24, 2.45) is 0 Å². The number of halogens is 5. The van der Waals surface area contributed by atoms with Crippen molar-refractivity contribution in [3.63, 3.8) is 0 Å². The fourth-order valence-electron chi connectivity index (χ4n) is 0.533. The van der Waals surface area contributed by atoms with Crippen molar-refractivity contribution in [2.45, 2.75) is 31.0 Å². The quantitative estimate of drug-likeness (QED) is 0.334. The van der Waals surface area contributed by atoms with E-state index < -0.39 is 30.7 Å². The van der Waals surface area contributed by atoms with Crippen molar-refractivity contribution >= 4 is 18.6 Å². The molecule has 0 radical (unpaired) electrons. The van der Waals surface area contributed by atoms with Gasteiger partial charge in [0, 0.05) is 18.9 Å². The van der Waals surface area contributed by atoms with Crippen LogP contribution in [0.3, 0.4) is 0 Å². The first-order chi connectivity index (χ1) is 7.33. The summed E-state index contributed by atoms with van der Waals surface area (Å²) < 4.78 is 56.3. The molecule has 0 unspecified atom stereocenters. The number of nitrogens with zero attached hydrogens (tertiary/aromatic N) is 2. The van der Waals surface area contributed by atoms with Crippen LogP contribution in [0.15, 0.2) is 0 Å². The van der Waals surface area contributed by atoms with Gasteiger partial charge in [0.1, 0.15) is 9.52 Å². The van der Waals surface area contributed by atoms with Crippen molar-refractivity contribution in [2.75, 3.05) is 0 Å². The van der Waals surface area contributed by atoms with Gasteiger partial charge < -0.3 is 0 Å². The van der Waals surface area contributed by atoms with Gasteiger partial charge in [0.15, 0.2) is 0 Å². The molecule has 0 aliphatic rings. The van der Waals surface area contributed by atoms with Crippen molar-refractivity contribution in [3.8, 4) is 12.1 Å². The highest BCUT2D eigenvalue weighted by molar-refractivity contribution is 6.58. The zero-order valence-corrected chi connectivity index (χ0v) is 10.8. The normalized spacial score (nSPS) is 10.8. The summed E-state index contributed by atoms with van der Waals surface area (Å²) in [6, 6.07) is 0.750. The molecule has 0 N–H and O–H groups in total. The molecule has 92 valence electrons. The number of hydrogen-bond acceptors (Lipinski definition) is 2. The predicted molar refractivity (Wildman–Crippen MR) is 53.7 cm³/mol. The highest BCUT2D eigenvalue weighted by atomic mass is 28.5. The molecule has 0 rings (SSSR count). The summed E-state index contributed by atoms with van der Waals surface area (Å²) >= 11 is 0. The van der Waals surface area contributed by atoms with E-state index in [0.717, 1.165) is 0 Å². The second-order valence-electron chi connectivity index (χ2n) is 2.71. The fourth-order valence-corrected chi connectivity index (χ4v) is 1.60. The van der Waals surface area contributed by atoms with Gasteiger partial charge in [-0.3, -0.25) is 0 Å². The number of hydrogen-bond donors (Lipinski definition) is 0. The predicted octanol–water partition coefficient (Wildman–Crippen LogP) is 2.46. The molecule has 0 aliphatic carbocycles. The van der Waals surface area contributed by atoms with E-state index >= 15 is 0 Å². The molecule has 2 nitrogen and oxygen atoms in total. The molecular weight excluding hydrogens is 263 g/mol. The van der Waals surface area contributed by atoms with Gasteiger partial charge in [-0.05, 0) is 6.04 Å². The van der Waals surface area contributed by atoms with Gasteiger partial charge in [-0.2, -0.15) is 10.5 Å². The molecule has 0 aliphatic heterocycles. The summed E-state index contributed by atoms with van der Waals surface area (Å²) in [6.45, 7) is 0. The highest BCUT2D eigenvalue weighted by Gasteiger charge is 2.35. The van der Waals surface area contributed by atoms with Gasteiger partial charge in [-0.15, -0.1) is 0 Å². The summed E-state index contributed by atoms with van der Waals surface area (Å²) in [5.74, 6) is 0. The zero-order valence-electron chi connectivity index (χ0n) is 8.40. The van der Waals surface area contributed by atoms with Gasteiger partial charge in [0.05, 0.1) is 12.1 Å². The van der Waals surface area contributed by atoms with E-state index in [9.17, 15) is 21.1 Å².